The van der Waals surface area contributed by atoms with Gasteiger partial charge in [0, 0.05) is 16.9 Å². The second-order valence-electron chi connectivity index (χ2n) is 9.44. The maximum Gasteiger partial charge on any atom is 0.416 e. The Morgan fingerprint density at radius 3 is 1.79 bits per heavy atom. The van der Waals surface area contributed by atoms with E-state index >= 15 is 0 Å². The number of alkyl halides is 3. The van der Waals surface area contributed by atoms with Gasteiger partial charge in [0.15, 0.2) is 0 Å². The molecule has 33 heavy (non-hydrogen) atoms. The minimum absolute atomic E-state index is 0.0896. The molecule has 0 bridgehead atoms. The lowest BCUT2D eigenvalue weighted by atomic mass is 9.56. The third-order valence-corrected chi connectivity index (χ3v) is 7.77. The van der Waals surface area contributed by atoms with Crippen molar-refractivity contribution in [1.82, 2.24) is 4.90 Å². The largest absolute Gasteiger partial charge is 0.416 e. The molecule has 1 nitrogen and oxygen atoms in total. The van der Waals surface area contributed by atoms with E-state index in [-0.39, 0.29) is 11.0 Å². The topological polar surface area (TPSA) is 3.24 Å². The van der Waals surface area contributed by atoms with Gasteiger partial charge in [0.25, 0.3) is 0 Å². The van der Waals surface area contributed by atoms with E-state index in [1.54, 1.807) is 0 Å². The van der Waals surface area contributed by atoms with Gasteiger partial charge in [-0.15, -0.1) is 0 Å². The molecular formula is C29H31F3N. The van der Waals surface area contributed by atoms with Gasteiger partial charge in [0.05, 0.1) is 5.56 Å². The van der Waals surface area contributed by atoms with Gasteiger partial charge in [-0.3, -0.25) is 4.90 Å². The van der Waals surface area contributed by atoms with Crippen LogP contribution in [0.4, 0.5) is 13.2 Å². The standard InChI is InChI=1S/C29H31F3N/c1-22(23-11-10-16-26(21-23)29(30,31)32)27(24-12-6-4-7-13-24)17-19-28(20-18-27,33(2)3)25-14-8-5-9-15-25/h4-16,21H,17-20H2,1-3H3. The van der Waals surface area contributed by atoms with Gasteiger partial charge in [-0.2, -0.15) is 13.2 Å². The molecule has 0 saturated heterocycles. The molecule has 1 radical (unpaired) electrons. The van der Waals surface area contributed by atoms with E-state index in [2.05, 4.69) is 55.4 Å². The molecule has 0 spiro atoms. The molecule has 1 aliphatic rings. The van der Waals surface area contributed by atoms with Crippen LogP contribution in [0.1, 0.15) is 54.9 Å². The smallest absolute Gasteiger partial charge is 0.300 e. The Bertz CT molecular complexity index is 1050. The SMILES string of the molecule is C[C](c1cccc(C(F)(F)F)c1)C1(c2ccccc2)CCC(c2ccccc2)(N(C)C)CC1. The van der Waals surface area contributed by atoms with Crippen LogP contribution in [-0.4, -0.2) is 19.0 Å². The molecule has 0 aliphatic heterocycles. The Balaban J connectivity index is 1.75. The molecule has 0 N–H and O–H groups in total. The van der Waals surface area contributed by atoms with Crippen LogP contribution in [0.3, 0.4) is 0 Å². The first-order valence-corrected chi connectivity index (χ1v) is 11.5. The zero-order valence-corrected chi connectivity index (χ0v) is 19.5. The van der Waals surface area contributed by atoms with Crippen LogP contribution in [0.25, 0.3) is 0 Å². The maximum absolute atomic E-state index is 13.5. The maximum atomic E-state index is 13.5. The van der Waals surface area contributed by atoms with Crippen molar-refractivity contribution < 1.29 is 13.2 Å². The molecule has 1 fully saturated rings. The van der Waals surface area contributed by atoms with Crippen LogP contribution >= 0.6 is 0 Å². The van der Waals surface area contributed by atoms with Gasteiger partial charge in [0.1, 0.15) is 0 Å². The van der Waals surface area contributed by atoms with E-state index in [9.17, 15) is 13.2 Å². The summed E-state index contributed by atoms with van der Waals surface area (Å²) in [5, 5.41) is 0. The van der Waals surface area contributed by atoms with Gasteiger partial charge in [-0.1, -0.05) is 85.8 Å². The van der Waals surface area contributed by atoms with Gasteiger partial charge in [-0.05, 0) is 62.5 Å². The van der Waals surface area contributed by atoms with Crippen molar-refractivity contribution in [3.8, 4) is 0 Å². The van der Waals surface area contributed by atoms with E-state index in [4.69, 9.17) is 0 Å². The van der Waals surface area contributed by atoms with Crippen molar-refractivity contribution in [3.63, 3.8) is 0 Å². The number of benzene rings is 3. The first kappa shape index (κ1) is 23.6. The average Bonchev–Trinajstić information content (AvgIpc) is 2.84. The number of rotatable bonds is 5. The number of hydrogen-bond donors (Lipinski definition) is 0. The molecule has 173 valence electrons. The molecular weight excluding hydrogens is 419 g/mol. The van der Waals surface area contributed by atoms with Gasteiger partial charge >= 0.3 is 6.18 Å². The van der Waals surface area contributed by atoms with Gasteiger partial charge in [-0.25, -0.2) is 0 Å². The molecule has 1 aliphatic carbocycles. The third-order valence-electron chi connectivity index (χ3n) is 7.77. The minimum Gasteiger partial charge on any atom is -0.300 e. The second kappa shape index (κ2) is 8.98. The molecule has 0 atom stereocenters. The van der Waals surface area contributed by atoms with Crippen LogP contribution in [0.5, 0.6) is 0 Å². The quantitative estimate of drug-likeness (QED) is 0.386. The monoisotopic (exact) mass is 450 g/mol. The number of halogens is 3. The molecule has 0 heterocycles. The van der Waals surface area contributed by atoms with Crippen LogP contribution in [-0.2, 0) is 17.1 Å². The summed E-state index contributed by atoms with van der Waals surface area (Å²) in [5.41, 5.74) is 2.16. The van der Waals surface area contributed by atoms with Crippen molar-refractivity contribution in [2.75, 3.05) is 14.1 Å². The fraction of sp³-hybridized carbons (Fsp3) is 0.345. The average molecular weight is 451 g/mol. The molecule has 4 rings (SSSR count). The Morgan fingerprint density at radius 2 is 1.27 bits per heavy atom. The zero-order chi connectivity index (χ0) is 23.7. The highest BCUT2D eigenvalue weighted by molar-refractivity contribution is 5.46. The van der Waals surface area contributed by atoms with Crippen molar-refractivity contribution in [2.45, 2.75) is 49.7 Å². The predicted octanol–water partition coefficient (Wildman–Crippen LogP) is 7.62. The summed E-state index contributed by atoms with van der Waals surface area (Å²) in [6.45, 7) is 2.02. The third kappa shape index (κ3) is 4.33. The van der Waals surface area contributed by atoms with Gasteiger partial charge < -0.3 is 0 Å². The highest BCUT2D eigenvalue weighted by atomic mass is 19.4. The van der Waals surface area contributed by atoms with E-state index in [0.29, 0.717) is 5.56 Å². The van der Waals surface area contributed by atoms with E-state index in [1.165, 1.54) is 23.3 Å². The zero-order valence-electron chi connectivity index (χ0n) is 19.5. The lowest BCUT2D eigenvalue weighted by Gasteiger charge is -2.52. The van der Waals surface area contributed by atoms with Gasteiger partial charge in [0.2, 0.25) is 0 Å². The summed E-state index contributed by atoms with van der Waals surface area (Å²) >= 11 is 0. The second-order valence-corrected chi connectivity index (χ2v) is 9.44. The van der Waals surface area contributed by atoms with Crippen LogP contribution in [0.2, 0.25) is 0 Å². The lowest BCUT2D eigenvalue weighted by Crippen LogP contribution is -2.49. The van der Waals surface area contributed by atoms with Crippen molar-refractivity contribution in [1.29, 1.82) is 0 Å². The normalized spacial score (nSPS) is 23.8. The molecule has 3 aromatic carbocycles. The summed E-state index contributed by atoms with van der Waals surface area (Å²) < 4.78 is 40.4. The summed E-state index contributed by atoms with van der Waals surface area (Å²) in [6.07, 6.45) is -0.765. The highest BCUT2D eigenvalue weighted by Crippen LogP contribution is 2.54. The first-order chi connectivity index (χ1) is 15.7. The summed E-state index contributed by atoms with van der Waals surface area (Å²) in [6, 6.07) is 26.7. The molecule has 0 aromatic heterocycles. The van der Waals surface area contributed by atoms with E-state index < -0.39 is 11.7 Å². The van der Waals surface area contributed by atoms with Crippen molar-refractivity contribution in [3.05, 3.63) is 113 Å². The van der Waals surface area contributed by atoms with Crippen LogP contribution in [0.15, 0.2) is 84.9 Å². The lowest BCUT2D eigenvalue weighted by molar-refractivity contribution is -0.137. The fourth-order valence-electron chi connectivity index (χ4n) is 5.68. The molecule has 4 heteroatoms. The van der Waals surface area contributed by atoms with Crippen LogP contribution < -0.4 is 0 Å². The fourth-order valence-corrected chi connectivity index (χ4v) is 5.68. The van der Waals surface area contributed by atoms with Crippen molar-refractivity contribution in [2.24, 2.45) is 0 Å². The van der Waals surface area contributed by atoms with E-state index in [1.807, 2.05) is 37.3 Å². The van der Waals surface area contributed by atoms with Crippen LogP contribution in [0, 0.1) is 5.92 Å². The van der Waals surface area contributed by atoms with Crippen molar-refractivity contribution >= 4 is 0 Å². The Labute approximate surface area is 195 Å². The predicted molar refractivity (Wildman–Crippen MR) is 128 cm³/mol. The molecule has 0 amide bonds. The summed E-state index contributed by atoms with van der Waals surface area (Å²) in [4.78, 5) is 2.32. The number of hydrogen-bond acceptors (Lipinski definition) is 1. The Morgan fingerprint density at radius 1 is 0.727 bits per heavy atom. The summed E-state index contributed by atoms with van der Waals surface area (Å²) in [7, 11) is 4.26. The Kier molecular flexibility index (Phi) is 6.41. The summed E-state index contributed by atoms with van der Waals surface area (Å²) in [5.74, 6) is 1.01. The molecule has 0 unspecified atom stereocenters. The first-order valence-electron chi connectivity index (χ1n) is 11.5. The van der Waals surface area contributed by atoms with E-state index in [0.717, 1.165) is 37.7 Å². The Hall–Kier alpha value is -2.59. The highest BCUT2D eigenvalue weighted by Gasteiger charge is 2.49. The minimum atomic E-state index is -4.35. The number of nitrogens with zero attached hydrogens (tertiary/aromatic N) is 1. The molecule has 3 aromatic rings. The molecule has 1 saturated carbocycles.